The Morgan fingerprint density at radius 2 is 2.43 bits per heavy atom. The summed E-state index contributed by atoms with van der Waals surface area (Å²) in [5.41, 5.74) is 1.22. The summed E-state index contributed by atoms with van der Waals surface area (Å²) in [5.74, 6) is 0. The molecule has 1 aromatic rings. The van der Waals surface area contributed by atoms with E-state index < -0.39 is 0 Å². The predicted molar refractivity (Wildman–Crippen MR) is 53.4 cm³/mol. The van der Waals surface area contributed by atoms with E-state index in [1.54, 1.807) is 6.20 Å². The van der Waals surface area contributed by atoms with Gasteiger partial charge in [-0.15, -0.1) is 0 Å². The van der Waals surface area contributed by atoms with E-state index in [2.05, 4.69) is 22.0 Å². The van der Waals surface area contributed by atoms with E-state index >= 15 is 0 Å². The second-order valence-corrected chi connectivity index (χ2v) is 3.69. The monoisotopic (exact) mass is 187 g/mol. The van der Waals surface area contributed by atoms with Crippen LogP contribution in [0.5, 0.6) is 0 Å². The second kappa shape index (κ2) is 3.77. The van der Waals surface area contributed by atoms with Crippen LogP contribution in [0.4, 0.5) is 0 Å². The van der Waals surface area contributed by atoms with Gasteiger partial charge in [-0.3, -0.25) is 9.88 Å². The molecule has 72 valence electrons. The lowest BCUT2D eigenvalue weighted by Gasteiger charge is -2.21. The third-order valence-corrected chi connectivity index (χ3v) is 2.91. The molecule has 3 heteroatoms. The van der Waals surface area contributed by atoms with Crippen LogP contribution < -0.4 is 0 Å². The first-order valence-corrected chi connectivity index (χ1v) is 4.84. The van der Waals surface area contributed by atoms with Crippen molar-refractivity contribution < 1.29 is 0 Å². The average Bonchev–Trinajstić information content (AvgIpc) is 2.61. The molecule has 2 atom stereocenters. The number of hydrogen-bond donors (Lipinski definition) is 0. The summed E-state index contributed by atoms with van der Waals surface area (Å²) in [6, 6.07) is 6.78. The molecular weight excluding hydrogens is 174 g/mol. The summed E-state index contributed by atoms with van der Waals surface area (Å²) in [7, 11) is 2.01. The third kappa shape index (κ3) is 1.49. The minimum atomic E-state index is 0.0696. The van der Waals surface area contributed by atoms with Gasteiger partial charge in [-0.2, -0.15) is 5.26 Å². The molecule has 0 amide bonds. The van der Waals surface area contributed by atoms with Crippen molar-refractivity contribution in [3.8, 4) is 6.07 Å². The van der Waals surface area contributed by atoms with Crippen LogP contribution in [0.25, 0.3) is 0 Å². The maximum atomic E-state index is 8.89. The van der Waals surface area contributed by atoms with Gasteiger partial charge in [0.1, 0.15) is 0 Å². The van der Waals surface area contributed by atoms with Crippen molar-refractivity contribution in [1.29, 1.82) is 5.26 Å². The molecule has 0 radical (unpaired) electrons. The number of aromatic nitrogens is 1. The molecule has 3 nitrogen and oxygen atoms in total. The summed E-state index contributed by atoms with van der Waals surface area (Å²) in [6.45, 7) is 0. The number of pyridine rings is 1. The largest absolute Gasteiger partial charge is 0.284 e. The fourth-order valence-corrected chi connectivity index (χ4v) is 2.07. The average molecular weight is 187 g/mol. The standard InChI is InChI=1S/C11H13N3/c1-14-10(7-12)4-5-11(14)9-3-2-6-13-8-9/h2-3,6,8,10-11H,4-5H2,1H3. The smallest absolute Gasteiger partial charge is 0.0981 e. The van der Waals surface area contributed by atoms with Crippen LogP contribution in [0.1, 0.15) is 24.4 Å². The molecule has 0 spiro atoms. The molecule has 2 unspecified atom stereocenters. The fourth-order valence-electron chi connectivity index (χ4n) is 2.07. The van der Waals surface area contributed by atoms with E-state index in [-0.39, 0.29) is 6.04 Å². The maximum absolute atomic E-state index is 8.89. The van der Waals surface area contributed by atoms with Crippen molar-refractivity contribution in [3.63, 3.8) is 0 Å². The van der Waals surface area contributed by atoms with Crippen LogP contribution in [0.15, 0.2) is 24.5 Å². The summed E-state index contributed by atoms with van der Waals surface area (Å²) < 4.78 is 0. The number of nitriles is 1. The Morgan fingerprint density at radius 1 is 1.57 bits per heavy atom. The van der Waals surface area contributed by atoms with Crippen LogP contribution in [-0.2, 0) is 0 Å². The van der Waals surface area contributed by atoms with Crippen molar-refractivity contribution >= 4 is 0 Å². The minimum Gasteiger partial charge on any atom is -0.284 e. The highest BCUT2D eigenvalue weighted by Crippen LogP contribution is 2.33. The summed E-state index contributed by atoms with van der Waals surface area (Å²) in [5, 5.41) is 8.89. The molecule has 0 saturated carbocycles. The molecule has 0 aliphatic carbocycles. The molecule has 0 N–H and O–H groups in total. The lowest BCUT2D eigenvalue weighted by molar-refractivity contribution is 0.279. The fraction of sp³-hybridized carbons (Fsp3) is 0.455. The highest BCUT2D eigenvalue weighted by atomic mass is 15.2. The van der Waals surface area contributed by atoms with Crippen molar-refractivity contribution in [1.82, 2.24) is 9.88 Å². The topological polar surface area (TPSA) is 39.9 Å². The highest BCUT2D eigenvalue weighted by Gasteiger charge is 2.31. The molecule has 2 heterocycles. The van der Waals surface area contributed by atoms with Gasteiger partial charge in [0.2, 0.25) is 0 Å². The van der Waals surface area contributed by atoms with Crippen LogP contribution >= 0.6 is 0 Å². The third-order valence-electron chi connectivity index (χ3n) is 2.91. The first-order valence-electron chi connectivity index (χ1n) is 4.84. The summed E-state index contributed by atoms with van der Waals surface area (Å²) in [4.78, 5) is 6.24. The lowest BCUT2D eigenvalue weighted by Crippen LogP contribution is -2.25. The second-order valence-electron chi connectivity index (χ2n) is 3.69. The van der Waals surface area contributed by atoms with Gasteiger partial charge in [0, 0.05) is 18.4 Å². The summed E-state index contributed by atoms with van der Waals surface area (Å²) in [6.07, 6.45) is 5.69. The van der Waals surface area contributed by atoms with Gasteiger partial charge in [0.15, 0.2) is 0 Å². The minimum absolute atomic E-state index is 0.0696. The van der Waals surface area contributed by atoms with E-state index in [1.165, 1.54) is 5.56 Å². The highest BCUT2D eigenvalue weighted by molar-refractivity contribution is 5.17. The van der Waals surface area contributed by atoms with Gasteiger partial charge >= 0.3 is 0 Å². The molecule has 14 heavy (non-hydrogen) atoms. The van der Waals surface area contributed by atoms with Crippen molar-refractivity contribution in [2.75, 3.05) is 7.05 Å². The van der Waals surface area contributed by atoms with Crippen molar-refractivity contribution in [2.24, 2.45) is 0 Å². The van der Waals surface area contributed by atoms with Gasteiger partial charge in [-0.1, -0.05) is 6.07 Å². The molecule has 1 aliphatic rings. The van der Waals surface area contributed by atoms with E-state index in [1.807, 2.05) is 19.3 Å². The normalized spacial score (nSPS) is 27.4. The van der Waals surface area contributed by atoms with Gasteiger partial charge < -0.3 is 0 Å². The zero-order valence-electron chi connectivity index (χ0n) is 8.22. The van der Waals surface area contributed by atoms with Gasteiger partial charge in [-0.25, -0.2) is 0 Å². The molecule has 1 aromatic heterocycles. The van der Waals surface area contributed by atoms with Crippen LogP contribution in [0, 0.1) is 11.3 Å². The van der Waals surface area contributed by atoms with E-state index in [4.69, 9.17) is 5.26 Å². The molecule has 1 fully saturated rings. The maximum Gasteiger partial charge on any atom is 0.0981 e. The van der Waals surface area contributed by atoms with Gasteiger partial charge in [-0.05, 0) is 31.5 Å². The lowest BCUT2D eigenvalue weighted by atomic mass is 10.1. The molecule has 0 bridgehead atoms. The Kier molecular flexibility index (Phi) is 2.47. The Balaban J connectivity index is 2.19. The first kappa shape index (κ1) is 9.17. The van der Waals surface area contributed by atoms with Crippen LogP contribution in [0.2, 0.25) is 0 Å². The molecular formula is C11H13N3. The van der Waals surface area contributed by atoms with E-state index in [9.17, 15) is 0 Å². The molecule has 1 aliphatic heterocycles. The molecule has 1 saturated heterocycles. The Morgan fingerprint density at radius 3 is 3.00 bits per heavy atom. The van der Waals surface area contributed by atoms with Crippen molar-refractivity contribution in [2.45, 2.75) is 24.9 Å². The SMILES string of the molecule is CN1C(C#N)CCC1c1cccnc1. The predicted octanol–water partition coefficient (Wildman–Crippen LogP) is 1.74. The Bertz CT molecular complexity index is 341. The zero-order valence-corrected chi connectivity index (χ0v) is 8.22. The molecule has 2 rings (SSSR count). The number of likely N-dealkylation sites (tertiary alicyclic amines) is 1. The number of hydrogen-bond acceptors (Lipinski definition) is 3. The van der Waals surface area contributed by atoms with Crippen LogP contribution in [-0.4, -0.2) is 23.0 Å². The quantitative estimate of drug-likeness (QED) is 0.672. The first-order chi connectivity index (χ1) is 6.83. The zero-order chi connectivity index (χ0) is 9.97. The Labute approximate surface area is 84.0 Å². The van der Waals surface area contributed by atoms with E-state index in [0.717, 1.165) is 12.8 Å². The number of nitrogens with zero attached hydrogens (tertiary/aromatic N) is 3. The van der Waals surface area contributed by atoms with Gasteiger partial charge in [0.25, 0.3) is 0 Å². The van der Waals surface area contributed by atoms with E-state index in [0.29, 0.717) is 6.04 Å². The van der Waals surface area contributed by atoms with Crippen LogP contribution in [0.3, 0.4) is 0 Å². The summed E-state index contributed by atoms with van der Waals surface area (Å²) >= 11 is 0. The Hall–Kier alpha value is -1.40. The number of rotatable bonds is 1. The molecule has 0 aromatic carbocycles. The van der Waals surface area contributed by atoms with Crippen molar-refractivity contribution in [3.05, 3.63) is 30.1 Å². The van der Waals surface area contributed by atoms with Gasteiger partial charge in [0.05, 0.1) is 12.1 Å².